The van der Waals surface area contributed by atoms with Crippen LogP contribution in [0.4, 0.5) is 0 Å². The first kappa shape index (κ1) is 18.4. The lowest BCUT2D eigenvalue weighted by molar-refractivity contribution is -0.164. The number of likely N-dealkylation sites (tertiary alicyclic amines) is 1. The highest BCUT2D eigenvalue weighted by Crippen LogP contribution is 2.27. The average Bonchev–Trinajstić information content (AvgIpc) is 2.39. The molecule has 0 aromatic rings. The molecule has 1 rings (SSSR count). The second-order valence-electron chi connectivity index (χ2n) is 5.45. The molecule has 0 radical (unpaired) electrons. The van der Waals surface area contributed by atoms with Crippen molar-refractivity contribution in [1.29, 1.82) is 0 Å². The fourth-order valence-corrected chi connectivity index (χ4v) is 3.10. The Morgan fingerprint density at radius 1 is 1.38 bits per heavy atom. The molecule has 0 saturated carbocycles. The van der Waals surface area contributed by atoms with E-state index in [1.807, 2.05) is 17.2 Å². The Labute approximate surface area is 140 Å². The maximum atomic E-state index is 11.4. The third-order valence-corrected chi connectivity index (χ3v) is 4.12. The minimum Gasteiger partial charge on any atom is -0.462 e. The summed E-state index contributed by atoms with van der Waals surface area (Å²) in [5, 5.41) is 0. The van der Waals surface area contributed by atoms with Gasteiger partial charge in [0.05, 0.1) is 0 Å². The first-order valence-electron chi connectivity index (χ1n) is 7.22. The maximum Gasteiger partial charge on any atom is 0.302 e. The predicted molar refractivity (Wildman–Crippen MR) is 89.1 cm³/mol. The van der Waals surface area contributed by atoms with Gasteiger partial charge in [-0.15, -0.1) is 0 Å². The third kappa shape index (κ3) is 6.78. The number of halogens is 1. The molecule has 0 aromatic carbocycles. The molecule has 21 heavy (non-hydrogen) atoms. The lowest BCUT2D eigenvalue weighted by atomic mass is 9.87. The van der Waals surface area contributed by atoms with Crippen molar-refractivity contribution in [2.24, 2.45) is 5.92 Å². The summed E-state index contributed by atoms with van der Waals surface area (Å²) in [6.07, 6.45) is 4.02. The van der Waals surface area contributed by atoms with Gasteiger partial charge in [-0.25, -0.2) is 0 Å². The van der Waals surface area contributed by atoms with E-state index in [9.17, 15) is 9.59 Å². The van der Waals surface area contributed by atoms with Crippen LogP contribution in [-0.4, -0.2) is 49.2 Å². The standard InChI is InChI=1S/C15H24INO4/c1-11(18)20-14(6-4-5-8-16)13-10-17(3)9-7-15(13)21-12(2)19/h5,8,13-15H,4,6-7,9-10H2,1-3H3. The normalized spacial score (nSPS) is 24.8. The van der Waals surface area contributed by atoms with Crippen LogP contribution in [0, 0.1) is 5.92 Å². The van der Waals surface area contributed by atoms with Crippen molar-refractivity contribution in [2.45, 2.75) is 45.3 Å². The summed E-state index contributed by atoms with van der Waals surface area (Å²) < 4.78 is 12.9. The lowest BCUT2D eigenvalue weighted by Gasteiger charge is -2.39. The molecule has 120 valence electrons. The second-order valence-corrected chi connectivity index (χ2v) is 6.17. The molecular weight excluding hydrogens is 385 g/mol. The van der Waals surface area contributed by atoms with Crippen LogP contribution in [0.5, 0.6) is 0 Å². The molecule has 0 aliphatic carbocycles. The van der Waals surface area contributed by atoms with Gasteiger partial charge in [-0.3, -0.25) is 9.59 Å². The van der Waals surface area contributed by atoms with E-state index in [2.05, 4.69) is 27.5 Å². The Balaban J connectivity index is 2.80. The minimum absolute atomic E-state index is 0.0270. The topological polar surface area (TPSA) is 55.8 Å². The smallest absolute Gasteiger partial charge is 0.302 e. The van der Waals surface area contributed by atoms with Crippen molar-refractivity contribution in [1.82, 2.24) is 4.90 Å². The first-order valence-corrected chi connectivity index (χ1v) is 8.46. The Bertz CT molecular complexity index is 386. The van der Waals surface area contributed by atoms with Crippen molar-refractivity contribution in [2.75, 3.05) is 20.1 Å². The fourth-order valence-electron chi connectivity index (χ4n) is 2.74. The number of ether oxygens (including phenoxy) is 2. The number of carbonyl (C=O) groups is 2. The highest BCUT2D eigenvalue weighted by atomic mass is 127. The summed E-state index contributed by atoms with van der Waals surface area (Å²) in [7, 11) is 2.03. The Hall–Kier alpha value is -0.630. The SMILES string of the molecule is CC(=O)OC(CCC=CI)C1CN(C)CCC1OC(C)=O. The summed E-state index contributed by atoms with van der Waals surface area (Å²) >= 11 is 2.17. The number of hydrogen-bond donors (Lipinski definition) is 0. The molecule has 5 nitrogen and oxygen atoms in total. The minimum atomic E-state index is -0.284. The van der Waals surface area contributed by atoms with E-state index < -0.39 is 0 Å². The Morgan fingerprint density at radius 3 is 2.67 bits per heavy atom. The van der Waals surface area contributed by atoms with E-state index >= 15 is 0 Å². The van der Waals surface area contributed by atoms with Crippen LogP contribution < -0.4 is 0 Å². The summed E-state index contributed by atoms with van der Waals surface area (Å²) in [5.41, 5.74) is 0. The number of allylic oxidation sites excluding steroid dienone is 1. The van der Waals surface area contributed by atoms with E-state index in [1.165, 1.54) is 13.8 Å². The average molecular weight is 409 g/mol. The Morgan fingerprint density at radius 2 is 2.10 bits per heavy atom. The number of carbonyl (C=O) groups excluding carboxylic acids is 2. The van der Waals surface area contributed by atoms with Gasteiger partial charge in [-0.1, -0.05) is 28.7 Å². The number of nitrogens with zero attached hydrogens (tertiary/aromatic N) is 1. The molecule has 6 heteroatoms. The van der Waals surface area contributed by atoms with Crippen molar-refractivity contribution < 1.29 is 19.1 Å². The molecule has 3 atom stereocenters. The van der Waals surface area contributed by atoms with Crippen LogP contribution in [0.15, 0.2) is 10.2 Å². The molecule has 1 fully saturated rings. The molecule has 0 bridgehead atoms. The highest BCUT2D eigenvalue weighted by Gasteiger charge is 2.37. The summed E-state index contributed by atoms with van der Waals surface area (Å²) in [6, 6.07) is 0. The molecule has 0 spiro atoms. The lowest BCUT2D eigenvalue weighted by Crippen LogP contribution is -2.49. The molecule has 3 unspecified atom stereocenters. The molecule has 0 N–H and O–H groups in total. The quantitative estimate of drug-likeness (QED) is 0.499. The number of esters is 2. The van der Waals surface area contributed by atoms with Crippen LogP contribution in [0.1, 0.15) is 33.1 Å². The summed E-state index contributed by atoms with van der Waals surface area (Å²) in [5.74, 6) is -0.532. The Kier molecular flexibility index (Phi) is 8.24. The molecule has 1 aliphatic rings. The van der Waals surface area contributed by atoms with E-state index in [0.717, 1.165) is 32.4 Å². The molecule has 1 saturated heterocycles. The van der Waals surface area contributed by atoms with E-state index in [1.54, 1.807) is 0 Å². The van der Waals surface area contributed by atoms with E-state index in [4.69, 9.17) is 9.47 Å². The molecular formula is C15H24INO4. The van der Waals surface area contributed by atoms with Crippen molar-refractivity contribution in [3.05, 3.63) is 10.2 Å². The predicted octanol–water partition coefficient (Wildman–Crippen LogP) is 2.53. The fraction of sp³-hybridized carbons (Fsp3) is 0.733. The van der Waals surface area contributed by atoms with Gasteiger partial charge in [0.1, 0.15) is 12.2 Å². The monoisotopic (exact) mass is 409 g/mol. The van der Waals surface area contributed by atoms with Crippen molar-refractivity contribution in [3.63, 3.8) is 0 Å². The van der Waals surface area contributed by atoms with Crippen molar-refractivity contribution in [3.8, 4) is 0 Å². The van der Waals surface area contributed by atoms with Gasteiger partial charge in [0.25, 0.3) is 0 Å². The van der Waals surface area contributed by atoms with Gasteiger partial charge in [-0.05, 0) is 30.4 Å². The zero-order valence-electron chi connectivity index (χ0n) is 12.9. The zero-order valence-corrected chi connectivity index (χ0v) is 15.0. The summed E-state index contributed by atoms with van der Waals surface area (Å²) in [4.78, 5) is 24.9. The third-order valence-electron chi connectivity index (χ3n) is 3.61. The van der Waals surface area contributed by atoms with Crippen LogP contribution in [-0.2, 0) is 19.1 Å². The largest absolute Gasteiger partial charge is 0.462 e. The van der Waals surface area contributed by atoms with Gasteiger partial charge in [0.2, 0.25) is 0 Å². The molecule has 1 heterocycles. The van der Waals surface area contributed by atoms with Gasteiger partial charge >= 0.3 is 11.9 Å². The van der Waals surface area contributed by atoms with Gasteiger partial charge in [0.15, 0.2) is 0 Å². The van der Waals surface area contributed by atoms with Gasteiger partial charge in [0, 0.05) is 32.9 Å². The van der Waals surface area contributed by atoms with Crippen LogP contribution in [0.2, 0.25) is 0 Å². The van der Waals surface area contributed by atoms with Crippen LogP contribution in [0.25, 0.3) is 0 Å². The van der Waals surface area contributed by atoms with Gasteiger partial charge in [-0.2, -0.15) is 0 Å². The highest BCUT2D eigenvalue weighted by molar-refractivity contribution is 14.1. The zero-order chi connectivity index (χ0) is 15.8. The number of hydrogen-bond acceptors (Lipinski definition) is 5. The number of rotatable bonds is 6. The van der Waals surface area contributed by atoms with E-state index in [-0.39, 0.29) is 30.1 Å². The summed E-state index contributed by atoms with van der Waals surface area (Å²) in [6.45, 7) is 4.50. The molecule has 0 amide bonds. The first-order chi connectivity index (χ1) is 9.93. The second kappa shape index (κ2) is 9.40. The van der Waals surface area contributed by atoms with Crippen LogP contribution >= 0.6 is 22.6 Å². The van der Waals surface area contributed by atoms with Crippen LogP contribution in [0.3, 0.4) is 0 Å². The van der Waals surface area contributed by atoms with Crippen molar-refractivity contribution >= 4 is 34.5 Å². The van der Waals surface area contributed by atoms with E-state index in [0.29, 0.717) is 0 Å². The maximum absolute atomic E-state index is 11.4. The number of piperidine rings is 1. The molecule has 1 aliphatic heterocycles. The van der Waals surface area contributed by atoms with Gasteiger partial charge < -0.3 is 14.4 Å². The molecule has 0 aromatic heterocycles.